The monoisotopic (exact) mass is 462 g/mol. The quantitative estimate of drug-likeness (QED) is 0.456. The van der Waals surface area contributed by atoms with Gasteiger partial charge in [0, 0.05) is 37.4 Å². The first kappa shape index (κ1) is 23.6. The second-order valence-corrected chi connectivity index (χ2v) is 9.30. The Kier molecular flexibility index (Phi) is 6.75. The van der Waals surface area contributed by atoms with Crippen LogP contribution in [0.25, 0.3) is 5.57 Å². The van der Waals surface area contributed by atoms with Crippen molar-refractivity contribution in [1.82, 2.24) is 4.31 Å². The number of ether oxygens (including phenoxy) is 3. The summed E-state index contributed by atoms with van der Waals surface area (Å²) in [5, 5.41) is 11.2. The van der Waals surface area contributed by atoms with Crippen LogP contribution in [0, 0.1) is 24.0 Å². The Bertz CT molecular complexity index is 1160. The van der Waals surface area contributed by atoms with Gasteiger partial charge in [0.2, 0.25) is 10.0 Å². The van der Waals surface area contributed by atoms with E-state index in [0.717, 1.165) is 17.2 Å². The van der Waals surface area contributed by atoms with E-state index in [2.05, 4.69) is 0 Å². The molecule has 32 heavy (non-hydrogen) atoms. The third-order valence-corrected chi connectivity index (χ3v) is 7.63. The molecule has 10 heteroatoms. The Hall–Kier alpha value is -3.11. The van der Waals surface area contributed by atoms with Crippen molar-refractivity contribution in [2.45, 2.75) is 25.2 Å². The van der Waals surface area contributed by atoms with Crippen LogP contribution in [-0.4, -0.2) is 52.1 Å². The lowest BCUT2D eigenvalue weighted by Gasteiger charge is -2.28. The molecule has 1 aliphatic heterocycles. The first-order valence-electron chi connectivity index (χ1n) is 9.89. The van der Waals surface area contributed by atoms with Gasteiger partial charge >= 0.3 is 0 Å². The maximum absolute atomic E-state index is 13.3. The van der Waals surface area contributed by atoms with E-state index in [1.807, 2.05) is 6.08 Å². The summed E-state index contributed by atoms with van der Waals surface area (Å²) in [5.41, 5.74) is 2.45. The molecular weight excluding hydrogens is 436 g/mol. The standard InChI is InChI=1S/C22H26N2O7S/c1-14-10-17(24(25)26)11-21(15(14)2)32(27,28)23-8-6-16(7-9-23)22-19(30-4)12-18(29-3)13-20(22)31-5/h6,10-13H,7-9H2,1-5H3. The number of nitro groups is 1. The Morgan fingerprint density at radius 2 is 1.62 bits per heavy atom. The summed E-state index contributed by atoms with van der Waals surface area (Å²) in [4.78, 5) is 10.6. The topological polar surface area (TPSA) is 108 Å². The van der Waals surface area contributed by atoms with Crippen molar-refractivity contribution in [2.24, 2.45) is 0 Å². The second-order valence-electron chi connectivity index (χ2n) is 7.39. The molecule has 0 unspecified atom stereocenters. The number of nitro benzene ring substituents is 1. The highest BCUT2D eigenvalue weighted by atomic mass is 32.2. The molecule has 1 aliphatic rings. The van der Waals surface area contributed by atoms with Crippen LogP contribution in [0.5, 0.6) is 17.2 Å². The summed E-state index contributed by atoms with van der Waals surface area (Å²) in [6.45, 7) is 3.66. The molecule has 0 aromatic heterocycles. The zero-order valence-corrected chi connectivity index (χ0v) is 19.5. The van der Waals surface area contributed by atoms with E-state index in [4.69, 9.17) is 14.2 Å². The van der Waals surface area contributed by atoms with Gasteiger partial charge in [-0.1, -0.05) is 6.08 Å². The minimum Gasteiger partial charge on any atom is -0.496 e. The molecule has 0 N–H and O–H groups in total. The number of sulfonamides is 1. The summed E-state index contributed by atoms with van der Waals surface area (Å²) in [7, 11) is 0.726. The lowest BCUT2D eigenvalue weighted by Crippen LogP contribution is -2.35. The molecule has 0 aliphatic carbocycles. The largest absolute Gasteiger partial charge is 0.496 e. The lowest BCUT2D eigenvalue weighted by atomic mass is 9.98. The minimum absolute atomic E-state index is 0.0411. The number of hydrogen-bond acceptors (Lipinski definition) is 7. The third-order valence-electron chi connectivity index (χ3n) is 5.64. The van der Waals surface area contributed by atoms with Crippen LogP contribution < -0.4 is 14.2 Å². The molecule has 0 saturated heterocycles. The van der Waals surface area contributed by atoms with Gasteiger partial charge in [0.05, 0.1) is 36.7 Å². The predicted molar refractivity (Wildman–Crippen MR) is 120 cm³/mol. The summed E-state index contributed by atoms with van der Waals surface area (Å²) < 4.78 is 44.3. The molecule has 0 atom stereocenters. The molecule has 172 valence electrons. The van der Waals surface area contributed by atoms with Crippen molar-refractivity contribution in [2.75, 3.05) is 34.4 Å². The maximum Gasteiger partial charge on any atom is 0.271 e. The van der Waals surface area contributed by atoms with Crippen molar-refractivity contribution in [1.29, 1.82) is 0 Å². The van der Waals surface area contributed by atoms with Crippen LogP contribution in [-0.2, 0) is 10.0 Å². The molecule has 2 aromatic rings. The molecule has 0 fully saturated rings. The Morgan fingerprint density at radius 1 is 1.00 bits per heavy atom. The number of aryl methyl sites for hydroxylation is 1. The fraction of sp³-hybridized carbons (Fsp3) is 0.364. The van der Waals surface area contributed by atoms with Gasteiger partial charge in [-0.2, -0.15) is 4.31 Å². The van der Waals surface area contributed by atoms with Crippen molar-refractivity contribution in [3.8, 4) is 17.2 Å². The van der Waals surface area contributed by atoms with E-state index in [1.54, 1.807) is 47.3 Å². The first-order chi connectivity index (χ1) is 15.1. The highest BCUT2D eigenvalue weighted by molar-refractivity contribution is 7.89. The van der Waals surface area contributed by atoms with Crippen LogP contribution in [0.2, 0.25) is 0 Å². The fourth-order valence-electron chi connectivity index (χ4n) is 3.74. The van der Waals surface area contributed by atoms with Crippen molar-refractivity contribution < 1.29 is 27.6 Å². The van der Waals surface area contributed by atoms with Crippen LogP contribution in [0.4, 0.5) is 5.69 Å². The van der Waals surface area contributed by atoms with Crippen LogP contribution in [0.3, 0.4) is 0 Å². The number of rotatable bonds is 7. The highest BCUT2D eigenvalue weighted by Gasteiger charge is 2.31. The second kappa shape index (κ2) is 9.17. The van der Waals surface area contributed by atoms with Gasteiger partial charge in [-0.15, -0.1) is 0 Å². The molecule has 0 spiro atoms. The number of non-ortho nitro benzene ring substituents is 1. The number of methoxy groups -OCH3 is 3. The van der Waals surface area contributed by atoms with E-state index in [-0.39, 0.29) is 23.7 Å². The number of benzene rings is 2. The summed E-state index contributed by atoms with van der Waals surface area (Å²) in [6, 6.07) is 6.01. The van der Waals surface area contributed by atoms with Crippen molar-refractivity contribution >= 4 is 21.3 Å². The van der Waals surface area contributed by atoms with E-state index in [9.17, 15) is 18.5 Å². The first-order valence-corrected chi connectivity index (χ1v) is 11.3. The third kappa shape index (κ3) is 4.28. The number of nitrogens with zero attached hydrogens (tertiary/aromatic N) is 2. The van der Waals surface area contributed by atoms with Gasteiger partial charge in [0.1, 0.15) is 17.2 Å². The molecule has 0 amide bonds. The van der Waals surface area contributed by atoms with E-state index in [0.29, 0.717) is 34.8 Å². The summed E-state index contributed by atoms with van der Waals surface area (Å²) in [6.07, 6.45) is 2.23. The zero-order valence-electron chi connectivity index (χ0n) is 18.7. The molecule has 0 saturated carbocycles. The molecule has 0 radical (unpaired) electrons. The summed E-state index contributed by atoms with van der Waals surface area (Å²) in [5.74, 6) is 1.71. The Labute approximate surface area is 187 Å². The van der Waals surface area contributed by atoms with E-state index >= 15 is 0 Å². The van der Waals surface area contributed by atoms with Crippen LogP contribution in [0.1, 0.15) is 23.1 Å². The van der Waals surface area contributed by atoms with Crippen LogP contribution >= 0.6 is 0 Å². The number of hydrogen-bond donors (Lipinski definition) is 0. The van der Waals surface area contributed by atoms with Gasteiger partial charge < -0.3 is 14.2 Å². The summed E-state index contributed by atoms with van der Waals surface area (Å²) >= 11 is 0. The Morgan fingerprint density at radius 3 is 2.09 bits per heavy atom. The van der Waals surface area contributed by atoms with E-state index in [1.165, 1.54) is 10.4 Å². The Balaban J connectivity index is 1.98. The van der Waals surface area contributed by atoms with Crippen molar-refractivity contribution in [3.63, 3.8) is 0 Å². The SMILES string of the molecule is COc1cc(OC)c(C2=CCN(S(=O)(=O)c3cc([N+](=O)[O-])cc(C)c3C)CC2)c(OC)c1. The maximum atomic E-state index is 13.3. The van der Waals surface area contributed by atoms with Gasteiger partial charge in [0.15, 0.2) is 0 Å². The molecule has 0 bridgehead atoms. The normalized spacial score (nSPS) is 14.6. The predicted octanol–water partition coefficient (Wildman–Crippen LogP) is 3.72. The fourth-order valence-corrected chi connectivity index (χ4v) is 5.44. The highest BCUT2D eigenvalue weighted by Crippen LogP contribution is 2.41. The smallest absolute Gasteiger partial charge is 0.271 e. The van der Waals surface area contributed by atoms with Crippen molar-refractivity contribution in [3.05, 3.63) is 57.1 Å². The van der Waals surface area contributed by atoms with Crippen LogP contribution in [0.15, 0.2) is 35.2 Å². The van der Waals surface area contributed by atoms with E-state index < -0.39 is 14.9 Å². The molecule has 2 aromatic carbocycles. The zero-order chi connectivity index (χ0) is 23.6. The molecule has 9 nitrogen and oxygen atoms in total. The molecule has 1 heterocycles. The average Bonchev–Trinajstić information content (AvgIpc) is 2.79. The molecular formula is C22H26N2O7S. The average molecular weight is 463 g/mol. The van der Waals surface area contributed by atoms with Gasteiger partial charge in [0.25, 0.3) is 5.69 Å². The molecule has 3 rings (SSSR count). The van der Waals surface area contributed by atoms with Gasteiger partial charge in [-0.25, -0.2) is 8.42 Å². The minimum atomic E-state index is -3.92. The van der Waals surface area contributed by atoms with Gasteiger partial charge in [-0.3, -0.25) is 10.1 Å². The van der Waals surface area contributed by atoms with Gasteiger partial charge in [-0.05, 0) is 37.0 Å². The lowest BCUT2D eigenvalue weighted by molar-refractivity contribution is -0.385.